The van der Waals surface area contributed by atoms with Crippen LogP contribution in [0.4, 0.5) is 5.13 Å². The highest BCUT2D eigenvalue weighted by atomic mass is 32.1. The van der Waals surface area contributed by atoms with Crippen molar-refractivity contribution in [3.63, 3.8) is 0 Å². The maximum absolute atomic E-state index is 12.2. The zero-order valence-corrected chi connectivity index (χ0v) is 18.2. The van der Waals surface area contributed by atoms with Gasteiger partial charge in [-0.2, -0.15) is 4.37 Å². The second kappa shape index (κ2) is 9.85. The standard InChI is InChI=1S/C24H28N4OS/c1-18-7-9-20(10-8-18)15-22-26-24(30-27-22)28-13-11-21(12-14-28)17-25-23(29)16-19-5-3-2-4-6-19/h2-10,21H,11-17H2,1H3,(H,25,29). The van der Waals surface area contributed by atoms with Crippen molar-refractivity contribution in [3.8, 4) is 0 Å². The van der Waals surface area contributed by atoms with Gasteiger partial charge in [-0.15, -0.1) is 0 Å². The van der Waals surface area contributed by atoms with Gasteiger partial charge in [-0.1, -0.05) is 60.2 Å². The zero-order valence-electron chi connectivity index (χ0n) is 17.4. The minimum atomic E-state index is 0.105. The topological polar surface area (TPSA) is 58.1 Å². The Hall–Kier alpha value is -2.73. The van der Waals surface area contributed by atoms with Gasteiger partial charge in [0.05, 0.1) is 6.42 Å². The molecule has 0 spiro atoms. The quantitative estimate of drug-likeness (QED) is 0.627. The Labute approximate surface area is 182 Å². The number of rotatable bonds is 7. The van der Waals surface area contributed by atoms with E-state index in [4.69, 9.17) is 4.98 Å². The molecule has 0 unspecified atom stereocenters. The van der Waals surface area contributed by atoms with Gasteiger partial charge in [0.2, 0.25) is 11.0 Å². The minimum Gasteiger partial charge on any atom is -0.356 e. The van der Waals surface area contributed by atoms with E-state index in [1.807, 2.05) is 30.3 Å². The molecule has 2 aromatic carbocycles. The summed E-state index contributed by atoms with van der Waals surface area (Å²) in [5.41, 5.74) is 3.57. The first-order chi connectivity index (χ1) is 14.7. The summed E-state index contributed by atoms with van der Waals surface area (Å²) in [5, 5.41) is 4.13. The molecule has 1 aromatic heterocycles. The highest BCUT2D eigenvalue weighted by Gasteiger charge is 2.22. The predicted octanol–water partition coefficient (Wildman–Crippen LogP) is 4.01. The molecule has 2 heterocycles. The molecule has 4 rings (SSSR count). The van der Waals surface area contributed by atoms with E-state index in [2.05, 4.69) is 45.8 Å². The molecule has 0 bridgehead atoms. The van der Waals surface area contributed by atoms with E-state index in [-0.39, 0.29) is 5.91 Å². The van der Waals surface area contributed by atoms with Crippen LogP contribution in [0, 0.1) is 12.8 Å². The first-order valence-corrected chi connectivity index (χ1v) is 11.4. The number of piperidine rings is 1. The number of hydrogen-bond donors (Lipinski definition) is 1. The lowest BCUT2D eigenvalue weighted by atomic mass is 9.97. The Kier molecular flexibility index (Phi) is 6.74. The van der Waals surface area contributed by atoms with Gasteiger partial charge in [-0.3, -0.25) is 4.79 Å². The average molecular weight is 421 g/mol. The Balaban J connectivity index is 1.21. The molecule has 0 saturated carbocycles. The molecule has 5 nitrogen and oxygen atoms in total. The fourth-order valence-electron chi connectivity index (χ4n) is 3.76. The van der Waals surface area contributed by atoms with E-state index < -0.39 is 0 Å². The van der Waals surface area contributed by atoms with Gasteiger partial charge in [0.1, 0.15) is 5.82 Å². The molecule has 1 N–H and O–H groups in total. The number of carbonyl (C=O) groups is 1. The lowest BCUT2D eigenvalue weighted by molar-refractivity contribution is -0.120. The monoisotopic (exact) mass is 420 g/mol. The van der Waals surface area contributed by atoms with Crippen molar-refractivity contribution in [1.82, 2.24) is 14.7 Å². The Morgan fingerprint density at radius 1 is 1.07 bits per heavy atom. The van der Waals surface area contributed by atoms with Crippen molar-refractivity contribution in [2.24, 2.45) is 5.92 Å². The van der Waals surface area contributed by atoms with Crippen molar-refractivity contribution < 1.29 is 4.79 Å². The van der Waals surface area contributed by atoms with Gasteiger partial charge in [0.15, 0.2) is 0 Å². The zero-order chi connectivity index (χ0) is 20.8. The first-order valence-electron chi connectivity index (χ1n) is 10.6. The largest absolute Gasteiger partial charge is 0.356 e. The van der Waals surface area contributed by atoms with Crippen LogP contribution >= 0.6 is 11.5 Å². The lowest BCUT2D eigenvalue weighted by Crippen LogP contribution is -2.39. The van der Waals surface area contributed by atoms with Crippen LogP contribution in [0.5, 0.6) is 0 Å². The third-order valence-electron chi connectivity index (χ3n) is 5.62. The number of benzene rings is 2. The highest BCUT2D eigenvalue weighted by molar-refractivity contribution is 7.09. The number of aryl methyl sites for hydroxylation is 1. The van der Waals surface area contributed by atoms with Crippen LogP contribution in [0.15, 0.2) is 54.6 Å². The van der Waals surface area contributed by atoms with Crippen LogP contribution in [0.1, 0.15) is 35.4 Å². The van der Waals surface area contributed by atoms with Crippen molar-refractivity contribution in [2.75, 3.05) is 24.5 Å². The van der Waals surface area contributed by atoms with Gasteiger partial charge >= 0.3 is 0 Å². The molecule has 1 aliphatic heterocycles. The summed E-state index contributed by atoms with van der Waals surface area (Å²) in [4.78, 5) is 19.3. The average Bonchev–Trinajstić information content (AvgIpc) is 3.23. The summed E-state index contributed by atoms with van der Waals surface area (Å²) in [6.07, 6.45) is 3.37. The van der Waals surface area contributed by atoms with Gasteiger partial charge < -0.3 is 10.2 Å². The molecule has 1 aliphatic rings. The fraction of sp³-hybridized carbons (Fsp3) is 0.375. The van der Waals surface area contributed by atoms with E-state index in [0.29, 0.717) is 12.3 Å². The number of aromatic nitrogens is 2. The number of amides is 1. The molecule has 1 fully saturated rings. The van der Waals surface area contributed by atoms with E-state index >= 15 is 0 Å². The van der Waals surface area contributed by atoms with Crippen molar-refractivity contribution in [1.29, 1.82) is 0 Å². The molecule has 1 amide bonds. The third-order valence-corrected chi connectivity index (χ3v) is 6.44. The van der Waals surface area contributed by atoms with Crippen LogP contribution < -0.4 is 10.2 Å². The van der Waals surface area contributed by atoms with Crippen molar-refractivity contribution >= 4 is 22.6 Å². The summed E-state index contributed by atoms with van der Waals surface area (Å²) >= 11 is 1.49. The van der Waals surface area contributed by atoms with Crippen molar-refractivity contribution in [3.05, 3.63) is 77.1 Å². The van der Waals surface area contributed by atoms with E-state index in [1.54, 1.807) is 0 Å². The van der Waals surface area contributed by atoms with Crippen LogP contribution in [-0.2, 0) is 17.6 Å². The van der Waals surface area contributed by atoms with Gasteiger partial charge in [-0.05, 0) is 36.8 Å². The SMILES string of the molecule is Cc1ccc(Cc2nsc(N3CCC(CNC(=O)Cc4ccccc4)CC3)n2)cc1. The lowest BCUT2D eigenvalue weighted by Gasteiger charge is -2.31. The molecule has 0 atom stereocenters. The highest BCUT2D eigenvalue weighted by Crippen LogP contribution is 2.25. The van der Waals surface area contributed by atoms with Crippen LogP contribution in [0.3, 0.4) is 0 Å². The molecule has 0 radical (unpaired) electrons. The first kappa shape index (κ1) is 20.5. The van der Waals surface area contributed by atoms with Gasteiger partial charge in [0, 0.05) is 37.6 Å². The van der Waals surface area contributed by atoms with E-state index in [0.717, 1.165) is 55.4 Å². The Morgan fingerprint density at radius 2 is 1.80 bits per heavy atom. The van der Waals surface area contributed by atoms with Crippen LogP contribution in [0.25, 0.3) is 0 Å². The Bertz CT molecular complexity index is 947. The maximum Gasteiger partial charge on any atom is 0.224 e. The summed E-state index contributed by atoms with van der Waals surface area (Å²) in [6, 6.07) is 18.5. The third kappa shape index (κ3) is 5.66. The van der Waals surface area contributed by atoms with Crippen LogP contribution in [-0.4, -0.2) is 34.9 Å². The second-order valence-electron chi connectivity index (χ2n) is 8.05. The molecule has 156 valence electrons. The maximum atomic E-state index is 12.2. The van der Waals surface area contributed by atoms with Crippen molar-refractivity contribution in [2.45, 2.75) is 32.6 Å². The summed E-state index contributed by atoms with van der Waals surface area (Å²) in [7, 11) is 0. The molecule has 30 heavy (non-hydrogen) atoms. The number of anilines is 1. The number of hydrogen-bond acceptors (Lipinski definition) is 5. The predicted molar refractivity (Wildman–Crippen MR) is 122 cm³/mol. The van der Waals surface area contributed by atoms with Gasteiger partial charge in [-0.25, -0.2) is 4.98 Å². The molecule has 0 aliphatic carbocycles. The minimum absolute atomic E-state index is 0.105. The summed E-state index contributed by atoms with van der Waals surface area (Å²) < 4.78 is 4.56. The molecular weight excluding hydrogens is 392 g/mol. The Morgan fingerprint density at radius 3 is 2.53 bits per heavy atom. The smallest absolute Gasteiger partial charge is 0.224 e. The molecule has 6 heteroatoms. The number of nitrogens with zero attached hydrogens (tertiary/aromatic N) is 3. The second-order valence-corrected chi connectivity index (χ2v) is 8.78. The van der Waals surface area contributed by atoms with Crippen LogP contribution in [0.2, 0.25) is 0 Å². The van der Waals surface area contributed by atoms with Gasteiger partial charge in [0.25, 0.3) is 0 Å². The summed E-state index contributed by atoms with van der Waals surface area (Å²) in [6.45, 7) is 4.80. The number of nitrogens with one attached hydrogen (secondary N) is 1. The summed E-state index contributed by atoms with van der Waals surface area (Å²) in [5.74, 6) is 1.53. The fourth-order valence-corrected chi connectivity index (χ4v) is 4.50. The molecule has 1 saturated heterocycles. The molecular formula is C24H28N4OS. The van der Waals surface area contributed by atoms with E-state index in [1.165, 1.54) is 22.7 Å². The number of carbonyl (C=O) groups excluding carboxylic acids is 1. The van der Waals surface area contributed by atoms with E-state index in [9.17, 15) is 4.79 Å². The normalized spacial score (nSPS) is 14.6. The molecule has 3 aromatic rings.